The number of halogens is 2. The quantitative estimate of drug-likeness (QED) is 0.415. The first kappa shape index (κ1) is 24.7. The van der Waals surface area contributed by atoms with Gasteiger partial charge in [-0.1, -0.05) is 25.8 Å². The number of benzene rings is 2. The molecule has 2 aliphatic rings. The first-order valence-corrected chi connectivity index (χ1v) is 13.9. The zero-order chi connectivity index (χ0) is 25.7. The van der Waals surface area contributed by atoms with Gasteiger partial charge in [0.25, 0.3) is 0 Å². The maximum atomic E-state index is 13.7. The van der Waals surface area contributed by atoms with Crippen molar-refractivity contribution in [2.24, 2.45) is 5.41 Å². The summed E-state index contributed by atoms with van der Waals surface area (Å²) in [5.41, 5.74) is 1.07. The van der Waals surface area contributed by atoms with Crippen LogP contribution < -0.4 is 10.4 Å². The number of nitrogens with zero attached hydrogens (tertiary/aromatic N) is 2. The minimum absolute atomic E-state index is 0.00578. The van der Waals surface area contributed by atoms with Crippen LogP contribution in [0, 0.1) is 5.41 Å². The Balaban J connectivity index is 1.59. The number of Topliss-reactive ketones (excluding diaryl/α,β-unsaturated/α-hetero) is 1. The van der Waals surface area contributed by atoms with Crippen LogP contribution in [-0.4, -0.2) is 41.5 Å². The van der Waals surface area contributed by atoms with Crippen LogP contribution in [0.4, 0.5) is 8.78 Å². The molecule has 2 aromatic carbocycles. The first-order chi connectivity index (χ1) is 17.1. The zero-order valence-corrected chi connectivity index (χ0v) is 20.8. The van der Waals surface area contributed by atoms with Gasteiger partial charge in [-0.15, -0.1) is 0 Å². The smallest absolute Gasteiger partial charge is 0.387 e. The summed E-state index contributed by atoms with van der Waals surface area (Å²) in [5, 5.41) is 0. The molecular weight excluding hydrogens is 490 g/mol. The number of rotatable bonds is 7. The largest absolute Gasteiger partial charge is 0.435 e. The number of ether oxygens (including phenoxy) is 1. The minimum atomic E-state index is -3.14. The van der Waals surface area contributed by atoms with Crippen molar-refractivity contribution in [1.82, 2.24) is 9.13 Å². The predicted molar refractivity (Wildman–Crippen MR) is 132 cm³/mol. The molecule has 1 aliphatic carbocycles. The molecule has 1 saturated heterocycles. The summed E-state index contributed by atoms with van der Waals surface area (Å²) in [5.74, 6) is -0.132. The lowest BCUT2D eigenvalue weighted by atomic mass is 9.83. The molecular formula is C26H28F2N2O5S. The number of hydrogen-bond acceptors (Lipinski definition) is 5. The lowest BCUT2D eigenvalue weighted by Crippen LogP contribution is -2.25. The van der Waals surface area contributed by atoms with Gasteiger partial charge in [-0.05, 0) is 55.0 Å². The van der Waals surface area contributed by atoms with E-state index in [2.05, 4.69) is 4.74 Å². The van der Waals surface area contributed by atoms with Gasteiger partial charge in [0.1, 0.15) is 5.75 Å². The topological polar surface area (TPSA) is 87.4 Å². The van der Waals surface area contributed by atoms with Crippen molar-refractivity contribution in [2.75, 3.05) is 11.5 Å². The van der Waals surface area contributed by atoms with Gasteiger partial charge in [-0.25, -0.2) is 13.2 Å². The Kier molecular flexibility index (Phi) is 6.26. The van der Waals surface area contributed by atoms with Crippen molar-refractivity contribution in [3.05, 3.63) is 58.5 Å². The Morgan fingerprint density at radius 3 is 2.56 bits per heavy atom. The monoisotopic (exact) mass is 518 g/mol. The van der Waals surface area contributed by atoms with Gasteiger partial charge in [0.2, 0.25) is 0 Å². The molecule has 5 rings (SSSR count). The Labute approximate surface area is 207 Å². The number of fused-ring (bicyclic) bond motifs is 1. The van der Waals surface area contributed by atoms with Gasteiger partial charge in [0, 0.05) is 24.1 Å². The van der Waals surface area contributed by atoms with Crippen molar-refractivity contribution in [2.45, 2.75) is 58.1 Å². The van der Waals surface area contributed by atoms with E-state index in [1.54, 1.807) is 34.9 Å². The molecule has 0 bridgehead atoms. The highest BCUT2D eigenvalue weighted by molar-refractivity contribution is 7.91. The van der Waals surface area contributed by atoms with E-state index >= 15 is 0 Å². The van der Waals surface area contributed by atoms with Crippen LogP contribution in [0.1, 0.15) is 61.8 Å². The molecule has 7 nitrogen and oxygen atoms in total. The number of alkyl halides is 2. The molecule has 0 spiro atoms. The third kappa shape index (κ3) is 4.70. The Bertz CT molecular complexity index is 1490. The van der Waals surface area contributed by atoms with E-state index < -0.39 is 21.9 Å². The molecule has 2 heterocycles. The highest BCUT2D eigenvalue weighted by Gasteiger charge is 2.40. The van der Waals surface area contributed by atoms with Gasteiger partial charge < -0.3 is 4.74 Å². The number of carbonyl (C=O) groups is 1. The van der Waals surface area contributed by atoms with Gasteiger partial charge >= 0.3 is 12.3 Å². The fourth-order valence-electron chi connectivity index (χ4n) is 5.66. The van der Waals surface area contributed by atoms with Crippen molar-refractivity contribution < 1.29 is 26.7 Å². The van der Waals surface area contributed by atoms with Crippen LogP contribution >= 0.6 is 0 Å². The average molecular weight is 519 g/mol. The fourth-order valence-corrected chi connectivity index (χ4v) is 7.92. The lowest BCUT2D eigenvalue weighted by molar-refractivity contribution is -0.0498. The Hall–Kier alpha value is -3.01. The van der Waals surface area contributed by atoms with E-state index in [-0.39, 0.29) is 41.2 Å². The number of carbonyl (C=O) groups excluding carboxylic acids is 1. The molecule has 1 atom stereocenters. The van der Waals surface area contributed by atoms with Gasteiger partial charge in [0.15, 0.2) is 15.6 Å². The Morgan fingerprint density at radius 1 is 1.14 bits per heavy atom. The van der Waals surface area contributed by atoms with Crippen LogP contribution in [0.5, 0.6) is 5.75 Å². The second-order valence-electron chi connectivity index (χ2n) is 10.3. The van der Waals surface area contributed by atoms with Crippen molar-refractivity contribution in [3.63, 3.8) is 0 Å². The molecule has 1 saturated carbocycles. The standard InChI is InChI=1S/C26H28F2N2O5S/c1-26(11-12-36(33,34)16-26)15-23(31)17-9-10-21-22(13-17)29(18-5-2-3-6-18)25(32)30(21)19-7-4-8-20(14-19)35-24(27)28/h4,7-10,13-14,18,24H,2-3,5-6,11-12,15-16H2,1H3/t26-/m0/s1. The number of hydrogen-bond donors (Lipinski definition) is 0. The van der Waals surface area contributed by atoms with Crippen molar-refractivity contribution >= 4 is 26.7 Å². The Morgan fingerprint density at radius 2 is 1.89 bits per heavy atom. The molecule has 0 radical (unpaired) electrons. The summed E-state index contributed by atoms with van der Waals surface area (Å²) in [4.78, 5) is 26.9. The molecule has 192 valence electrons. The van der Waals surface area contributed by atoms with Crippen LogP contribution in [0.25, 0.3) is 16.7 Å². The second kappa shape index (κ2) is 9.14. The molecule has 3 aromatic rings. The second-order valence-corrected chi connectivity index (χ2v) is 12.4. The van der Waals surface area contributed by atoms with E-state index in [9.17, 15) is 26.8 Å². The van der Waals surface area contributed by atoms with E-state index in [0.29, 0.717) is 28.7 Å². The number of sulfone groups is 1. The summed E-state index contributed by atoms with van der Waals surface area (Å²) >= 11 is 0. The van der Waals surface area contributed by atoms with Crippen molar-refractivity contribution in [1.29, 1.82) is 0 Å². The number of ketones is 1. The average Bonchev–Trinajstić information content (AvgIpc) is 3.48. The SMILES string of the molecule is C[C@@]1(CC(=O)c2ccc3c(c2)n(C2CCCC2)c(=O)n3-c2cccc(OC(F)F)c2)CCS(=O)(=O)C1. The number of aromatic nitrogens is 2. The first-order valence-electron chi connectivity index (χ1n) is 12.1. The third-order valence-electron chi connectivity index (χ3n) is 7.36. The van der Waals surface area contributed by atoms with Crippen LogP contribution in [0.3, 0.4) is 0 Å². The van der Waals surface area contributed by atoms with E-state index in [0.717, 1.165) is 25.7 Å². The van der Waals surface area contributed by atoms with E-state index in [4.69, 9.17) is 0 Å². The minimum Gasteiger partial charge on any atom is -0.435 e. The fraction of sp³-hybridized carbons (Fsp3) is 0.462. The van der Waals surface area contributed by atoms with Gasteiger partial charge in [0.05, 0.1) is 28.2 Å². The maximum Gasteiger partial charge on any atom is 0.387 e. The normalized spacial score (nSPS) is 22.0. The molecule has 2 fully saturated rings. The van der Waals surface area contributed by atoms with Gasteiger partial charge in [-0.3, -0.25) is 13.9 Å². The molecule has 36 heavy (non-hydrogen) atoms. The van der Waals surface area contributed by atoms with Crippen LogP contribution in [0.15, 0.2) is 47.3 Å². The number of imidazole rings is 1. The zero-order valence-electron chi connectivity index (χ0n) is 20.0. The lowest BCUT2D eigenvalue weighted by Gasteiger charge is -2.20. The summed E-state index contributed by atoms with van der Waals surface area (Å²) < 4.78 is 57.2. The summed E-state index contributed by atoms with van der Waals surface area (Å²) in [6, 6.07) is 11.0. The van der Waals surface area contributed by atoms with E-state index in [1.165, 1.54) is 16.7 Å². The highest BCUT2D eigenvalue weighted by Crippen LogP contribution is 2.37. The molecule has 1 aromatic heterocycles. The summed E-state index contributed by atoms with van der Waals surface area (Å²) in [6.07, 6.45) is 4.21. The third-order valence-corrected chi connectivity index (χ3v) is 9.32. The molecule has 0 unspecified atom stereocenters. The summed E-state index contributed by atoms with van der Waals surface area (Å²) in [7, 11) is -3.14. The maximum absolute atomic E-state index is 13.7. The molecule has 0 N–H and O–H groups in total. The van der Waals surface area contributed by atoms with Crippen LogP contribution in [0.2, 0.25) is 0 Å². The predicted octanol–water partition coefficient (Wildman–Crippen LogP) is 4.91. The molecule has 0 amide bonds. The van der Waals surface area contributed by atoms with E-state index in [1.807, 2.05) is 6.92 Å². The highest BCUT2D eigenvalue weighted by atomic mass is 32.2. The van der Waals surface area contributed by atoms with Gasteiger partial charge in [-0.2, -0.15) is 8.78 Å². The molecule has 1 aliphatic heterocycles. The van der Waals surface area contributed by atoms with Crippen molar-refractivity contribution in [3.8, 4) is 11.4 Å². The summed E-state index contributed by atoms with van der Waals surface area (Å²) in [6.45, 7) is -1.16. The molecule has 10 heteroatoms. The van der Waals surface area contributed by atoms with Crippen LogP contribution in [-0.2, 0) is 9.84 Å².